The van der Waals surface area contributed by atoms with Gasteiger partial charge in [0.05, 0.1) is 22.7 Å². The third-order valence-electron chi connectivity index (χ3n) is 3.09. The van der Waals surface area contributed by atoms with E-state index in [0.29, 0.717) is 10.9 Å². The summed E-state index contributed by atoms with van der Waals surface area (Å²) in [5, 5.41) is 0.953. The highest BCUT2D eigenvalue weighted by atomic mass is 35.5. The number of halogens is 2. The molecule has 2 aromatic rings. The highest BCUT2D eigenvalue weighted by Gasteiger charge is 2.17. The molecule has 23 heavy (non-hydrogen) atoms. The molecule has 2 aromatic carbocycles. The molecule has 0 aliphatic rings. The van der Waals surface area contributed by atoms with Crippen LogP contribution in [0.4, 0.5) is 0 Å². The predicted octanol–water partition coefficient (Wildman–Crippen LogP) is 4.41. The van der Waals surface area contributed by atoms with Gasteiger partial charge in [0.25, 0.3) is 0 Å². The van der Waals surface area contributed by atoms with E-state index in [9.17, 15) is 9.36 Å². The van der Waals surface area contributed by atoms with Gasteiger partial charge < -0.3 is 9.30 Å². The van der Waals surface area contributed by atoms with Gasteiger partial charge >= 0.3 is 5.97 Å². The molecule has 3 nitrogen and oxygen atoms in total. The van der Waals surface area contributed by atoms with Gasteiger partial charge in [-0.25, -0.2) is 4.79 Å². The fourth-order valence-electron chi connectivity index (χ4n) is 1.89. The summed E-state index contributed by atoms with van der Waals surface area (Å²) >= 11 is 12.1. The second kappa shape index (κ2) is 7.23. The summed E-state index contributed by atoms with van der Waals surface area (Å²) in [7, 11) is -1.57. The van der Waals surface area contributed by atoms with Gasteiger partial charge in [0.1, 0.15) is 0 Å². The van der Waals surface area contributed by atoms with Crippen molar-refractivity contribution in [2.75, 3.05) is 13.8 Å². The van der Waals surface area contributed by atoms with E-state index >= 15 is 0 Å². The van der Waals surface area contributed by atoms with Crippen LogP contribution >= 0.6 is 30.3 Å². The Morgan fingerprint density at radius 1 is 1.13 bits per heavy atom. The van der Waals surface area contributed by atoms with Crippen molar-refractivity contribution in [3.05, 3.63) is 63.6 Å². The minimum absolute atomic E-state index is 0.0872. The van der Waals surface area contributed by atoms with Crippen LogP contribution in [0.2, 0.25) is 10.0 Å². The van der Waals surface area contributed by atoms with Gasteiger partial charge in [0.15, 0.2) is 7.14 Å². The molecule has 0 fully saturated rings. The van der Waals surface area contributed by atoms with E-state index in [1.807, 2.05) is 18.2 Å². The second-order valence-corrected chi connectivity index (χ2v) is 8.21. The van der Waals surface area contributed by atoms with Crippen molar-refractivity contribution >= 4 is 41.6 Å². The first-order chi connectivity index (χ1) is 10.8. The Morgan fingerprint density at radius 3 is 2.22 bits per heavy atom. The minimum Gasteiger partial charge on any atom is -0.465 e. The molecule has 0 heterocycles. The highest BCUT2D eigenvalue weighted by Crippen LogP contribution is 2.38. The van der Waals surface area contributed by atoms with E-state index in [2.05, 4.69) is 16.3 Å². The number of carbonyl (C=O) groups excluding carboxylic acids is 1. The van der Waals surface area contributed by atoms with Crippen LogP contribution in [0, 0.1) is 11.6 Å². The molecule has 0 bridgehead atoms. The molecular weight excluding hydrogens is 354 g/mol. The molecule has 0 spiro atoms. The van der Waals surface area contributed by atoms with Crippen molar-refractivity contribution in [3.63, 3.8) is 0 Å². The summed E-state index contributed by atoms with van der Waals surface area (Å²) < 4.78 is 17.3. The van der Waals surface area contributed by atoms with Crippen molar-refractivity contribution in [3.8, 4) is 11.6 Å². The van der Waals surface area contributed by atoms with E-state index in [-0.39, 0.29) is 15.6 Å². The van der Waals surface area contributed by atoms with Crippen LogP contribution in [-0.2, 0) is 9.30 Å². The molecule has 0 saturated heterocycles. The number of esters is 1. The summed E-state index contributed by atoms with van der Waals surface area (Å²) in [6.45, 7) is 1.60. The molecule has 2 rings (SSSR count). The number of rotatable bonds is 2. The molecule has 0 radical (unpaired) electrons. The number of hydrogen-bond acceptors (Lipinski definition) is 3. The van der Waals surface area contributed by atoms with Gasteiger partial charge in [0.2, 0.25) is 0 Å². The normalized spacial score (nSPS) is 12.7. The van der Waals surface area contributed by atoms with E-state index in [4.69, 9.17) is 23.2 Å². The summed E-state index contributed by atoms with van der Waals surface area (Å²) in [6.07, 6.45) is 0. The summed E-state index contributed by atoms with van der Waals surface area (Å²) in [4.78, 5) is 11.6. The fraction of sp³-hybridized carbons (Fsp3) is 0.118. The summed E-state index contributed by atoms with van der Waals surface area (Å²) in [5.41, 5.74) is 3.35. The topological polar surface area (TPSA) is 43.4 Å². The lowest BCUT2D eigenvalue weighted by Gasteiger charge is -2.06. The lowest BCUT2D eigenvalue weighted by atomic mass is 10.1. The molecule has 118 valence electrons. The first-order valence-electron chi connectivity index (χ1n) is 6.59. The van der Waals surface area contributed by atoms with Gasteiger partial charge in [-0.1, -0.05) is 59.5 Å². The van der Waals surface area contributed by atoms with Gasteiger partial charge in [-0.15, -0.1) is 0 Å². The maximum Gasteiger partial charge on any atom is 0.340 e. The zero-order valence-corrected chi connectivity index (χ0v) is 14.9. The van der Waals surface area contributed by atoms with E-state index in [1.54, 1.807) is 18.8 Å². The van der Waals surface area contributed by atoms with Gasteiger partial charge in [-0.3, -0.25) is 0 Å². The van der Waals surface area contributed by atoms with Gasteiger partial charge in [0, 0.05) is 17.5 Å². The molecular formula is C17H13Cl2O3P. The van der Waals surface area contributed by atoms with Crippen LogP contribution in [0.1, 0.15) is 15.9 Å². The molecule has 0 amide bonds. The monoisotopic (exact) mass is 366 g/mol. The largest absolute Gasteiger partial charge is 0.465 e. The maximum absolute atomic E-state index is 12.7. The van der Waals surface area contributed by atoms with Crippen LogP contribution in [0.3, 0.4) is 0 Å². The van der Waals surface area contributed by atoms with Crippen molar-refractivity contribution in [1.82, 2.24) is 0 Å². The lowest BCUT2D eigenvalue weighted by Crippen LogP contribution is -2.03. The van der Waals surface area contributed by atoms with Crippen LogP contribution in [0.5, 0.6) is 0 Å². The van der Waals surface area contributed by atoms with Crippen molar-refractivity contribution in [2.24, 2.45) is 0 Å². The number of ether oxygens (including phenoxy) is 1. The average Bonchev–Trinajstić information content (AvgIpc) is 2.53. The Bertz CT molecular complexity index is 828. The standard InChI is InChI=1S/C17H13Cl2O3P/c1-22-17(20)16-14(18)10-12(11-15(16)19)8-9-23(2,21)13-6-4-3-5-7-13/h3-7,10-11H,1-2H3. The minimum atomic E-state index is -2.82. The number of carbonyl (C=O) groups is 1. The Hall–Kier alpha value is -1.72. The zero-order chi connectivity index (χ0) is 17.0. The first-order valence-corrected chi connectivity index (χ1v) is 9.50. The van der Waals surface area contributed by atoms with Crippen molar-refractivity contribution in [1.29, 1.82) is 0 Å². The maximum atomic E-state index is 12.7. The SMILES string of the molecule is COC(=O)c1c(Cl)cc(C#CP(C)(=O)c2ccccc2)cc1Cl. The van der Waals surface area contributed by atoms with Crippen molar-refractivity contribution in [2.45, 2.75) is 0 Å². The smallest absolute Gasteiger partial charge is 0.340 e. The lowest BCUT2D eigenvalue weighted by molar-refractivity contribution is 0.0601. The fourth-order valence-corrected chi connectivity index (χ4v) is 3.74. The van der Waals surface area contributed by atoms with E-state index in [0.717, 1.165) is 0 Å². The zero-order valence-electron chi connectivity index (χ0n) is 12.5. The number of hydrogen-bond donors (Lipinski definition) is 0. The molecule has 6 heteroatoms. The molecule has 0 aliphatic heterocycles. The average molecular weight is 367 g/mol. The highest BCUT2D eigenvalue weighted by molar-refractivity contribution is 7.75. The third kappa shape index (κ3) is 4.18. The van der Waals surface area contributed by atoms with E-state index < -0.39 is 13.1 Å². The van der Waals surface area contributed by atoms with Gasteiger partial charge in [-0.05, 0) is 17.8 Å². The third-order valence-corrected chi connectivity index (χ3v) is 5.51. The molecule has 0 saturated carbocycles. The van der Waals surface area contributed by atoms with Crippen LogP contribution in [-0.4, -0.2) is 19.7 Å². The number of benzene rings is 2. The Morgan fingerprint density at radius 2 is 1.70 bits per heavy atom. The Balaban J connectivity index is 2.40. The molecule has 1 atom stereocenters. The van der Waals surface area contributed by atoms with Gasteiger partial charge in [-0.2, -0.15) is 0 Å². The molecule has 0 aromatic heterocycles. The predicted molar refractivity (Wildman–Crippen MR) is 94.3 cm³/mol. The summed E-state index contributed by atoms with van der Waals surface area (Å²) in [5.74, 6) is 2.19. The first kappa shape index (κ1) is 17.6. The van der Waals surface area contributed by atoms with Crippen LogP contribution in [0.25, 0.3) is 0 Å². The molecule has 1 unspecified atom stereocenters. The molecule has 0 aliphatic carbocycles. The van der Waals surface area contributed by atoms with E-state index in [1.165, 1.54) is 19.2 Å². The Kier molecular flexibility index (Phi) is 5.55. The quantitative estimate of drug-likeness (QED) is 0.449. The summed E-state index contributed by atoms with van der Waals surface area (Å²) in [6, 6.07) is 12.0. The Labute approximate surface area is 144 Å². The number of methoxy groups -OCH3 is 1. The molecule has 0 N–H and O–H groups in total. The van der Waals surface area contributed by atoms with Crippen molar-refractivity contribution < 1.29 is 14.1 Å². The van der Waals surface area contributed by atoms with Crippen LogP contribution < -0.4 is 5.30 Å². The van der Waals surface area contributed by atoms with Crippen LogP contribution in [0.15, 0.2) is 42.5 Å². The second-order valence-electron chi connectivity index (χ2n) is 4.80.